The number of hydrogen-bond donors (Lipinski definition) is 1. The summed E-state index contributed by atoms with van der Waals surface area (Å²) in [6, 6.07) is 8.34. The van der Waals surface area contributed by atoms with Gasteiger partial charge in [-0.05, 0) is 19.1 Å². The minimum absolute atomic E-state index is 0.154. The number of nitro groups is 1. The fraction of sp³-hybridized carbons (Fsp3) is 0.154. The first kappa shape index (κ1) is 14.2. The number of rotatable bonds is 3. The van der Waals surface area contributed by atoms with Gasteiger partial charge in [0.1, 0.15) is 11.8 Å². The number of benzene rings is 1. The van der Waals surface area contributed by atoms with Gasteiger partial charge in [0.25, 0.3) is 5.91 Å². The summed E-state index contributed by atoms with van der Waals surface area (Å²) in [6.07, 6.45) is 0. The second kappa shape index (κ2) is 5.42. The first-order valence-electron chi connectivity index (χ1n) is 5.94. The van der Waals surface area contributed by atoms with Crippen LogP contribution in [0, 0.1) is 28.4 Å². The van der Waals surface area contributed by atoms with Crippen LogP contribution in [0.1, 0.15) is 21.7 Å². The molecule has 2 rings (SSSR count). The van der Waals surface area contributed by atoms with Gasteiger partial charge in [-0.25, -0.2) is 0 Å². The number of nitrogens with one attached hydrogen (secondary N) is 1. The van der Waals surface area contributed by atoms with E-state index in [0.717, 1.165) is 4.68 Å². The van der Waals surface area contributed by atoms with Crippen molar-refractivity contribution < 1.29 is 9.72 Å². The van der Waals surface area contributed by atoms with E-state index >= 15 is 0 Å². The molecule has 8 heteroatoms. The van der Waals surface area contributed by atoms with E-state index in [1.807, 2.05) is 6.07 Å². The van der Waals surface area contributed by atoms with Crippen LogP contribution in [-0.2, 0) is 7.05 Å². The van der Waals surface area contributed by atoms with Crippen LogP contribution < -0.4 is 5.32 Å². The average Bonchev–Trinajstić information content (AvgIpc) is 2.74. The van der Waals surface area contributed by atoms with Crippen molar-refractivity contribution in [3.8, 4) is 6.07 Å². The quantitative estimate of drug-likeness (QED) is 0.681. The summed E-state index contributed by atoms with van der Waals surface area (Å²) in [7, 11) is 1.45. The number of carbonyl (C=O) groups excluding carboxylic acids is 1. The molecule has 0 radical (unpaired) electrons. The second-order valence-electron chi connectivity index (χ2n) is 4.27. The van der Waals surface area contributed by atoms with Gasteiger partial charge in [0.05, 0.1) is 16.2 Å². The van der Waals surface area contributed by atoms with E-state index in [0.29, 0.717) is 0 Å². The van der Waals surface area contributed by atoms with E-state index in [4.69, 9.17) is 5.26 Å². The molecule has 0 unspecified atom stereocenters. The first-order chi connectivity index (χ1) is 9.95. The molecular formula is C13H11N5O3. The molecule has 0 spiro atoms. The van der Waals surface area contributed by atoms with Crippen LogP contribution in [0.25, 0.3) is 0 Å². The monoisotopic (exact) mass is 285 g/mol. The van der Waals surface area contributed by atoms with E-state index in [1.54, 1.807) is 24.3 Å². The summed E-state index contributed by atoms with van der Waals surface area (Å²) in [4.78, 5) is 22.7. The molecule has 1 N–H and O–H groups in total. The summed E-state index contributed by atoms with van der Waals surface area (Å²) >= 11 is 0. The van der Waals surface area contributed by atoms with E-state index < -0.39 is 10.8 Å². The molecule has 0 atom stereocenters. The number of nitrogens with zero attached hydrogens (tertiary/aromatic N) is 4. The zero-order valence-electron chi connectivity index (χ0n) is 11.3. The third-order valence-corrected chi connectivity index (χ3v) is 2.88. The number of amides is 1. The largest absolute Gasteiger partial charge is 0.322 e. The highest BCUT2D eigenvalue weighted by Gasteiger charge is 2.29. The van der Waals surface area contributed by atoms with Gasteiger partial charge in [0, 0.05) is 7.05 Å². The maximum Gasteiger partial charge on any atom is 0.322 e. The summed E-state index contributed by atoms with van der Waals surface area (Å²) in [5.74, 6) is -0.688. The van der Waals surface area contributed by atoms with E-state index in [9.17, 15) is 14.9 Å². The Morgan fingerprint density at radius 3 is 2.76 bits per heavy atom. The molecular weight excluding hydrogens is 274 g/mol. The summed E-state index contributed by atoms with van der Waals surface area (Å²) in [5, 5.41) is 26.4. The molecule has 0 aliphatic carbocycles. The first-order valence-corrected chi connectivity index (χ1v) is 5.94. The number of nitriles is 1. The lowest BCUT2D eigenvalue weighted by atomic mass is 10.2. The predicted molar refractivity (Wildman–Crippen MR) is 73.7 cm³/mol. The topological polar surface area (TPSA) is 114 Å². The lowest BCUT2D eigenvalue weighted by Crippen LogP contribution is -2.18. The van der Waals surface area contributed by atoms with Crippen molar-refractivity contribution >= 4 is 17.3 Å². The van der Waals surface area contributed by atoms with Gasteiger partial charge in [0.2, 0.25) is 5.69 Å². The van der Waals surface area contributed by atoms with Crippen LogP contribution in [0.3, 0.4) is 0 Å². The van der Waals surface area contributed by atoms with E-state index in [2.05, 4.69) is 10.4 Å². The molecule has 1 amide bonds. The number of hydrogen-bond acceptors (Lipinski definition) is 5. The molecule has 21 heavy (non-hydrogen) atoms. The van der Waals surface area contributed by atoms with E-state index in [-0.39, 0.29) is 28.3 Å². The maximum atomic E-state index is 12.3. The number of aryl methyl sites for hydroxylation is 2. The molecule has 1 heterocycles. The number of para-hydroxylation sites is 1. The standard InChI is InChI=1S/C13H11N5O3/c1-8-11(18(20)21)12(17(2)16-8)13(19)15-10-6-4-3-5-9(10)7-14/h3-6H,1-2H3,(H,15,19). The Labute approximate surface area is 119 Å². The summed E-state index contributed by atoms with van der Waals surface area (Å²) in [5.41, 5.74) is 0.210. The van der Waals surface area contributed by atoms with Gasteiger partial charge in [0.15, 0.2) is 0 Å². The van der Waals surface area contributed by atoms with Crippen molar-refractivity contribution in [2.45, 2.75) is 6.92 Å². The van der Waals surface area contributed by atoms with Crippen LogP contribution in [-0.4, -0.2) is 20.6 Å². The van der Waals surface area contributed by atoms with Crippen LogP contribution in [0.15, 0.2) is 24.3 Å². The second-order valence-corrected chi connectivity index (χ2v) is 4.27. The fourth-order valence-corrected chi connectivity index (χ4v) is 1.99. The molecule has 8 nitrogen and oxygen atoms in total. The molecule has 0 aliphatic heterocycles. The Kier molecular flexibility index (Phi) is 3.67. The Morgan fingerprint density at radius 2 is 2.14 bits per heavy atom. The SMILES string of the molecule is Cc1nn(C)c(C(=O)Nc2ccccc2C#N)c1[N+](=O)[O-]. The average molecular weight is 285 g/mol. The van der Waals surface area contributed by atoms with E-state index in [1.165, 1.54) is 14.0 Å². The lowest BCUT2D eigenvalue weighted by Gasteiger charge is -2.06. The highest BCUT2D eigenvalue weighted by molar-refractivity contribution is 6.06. The normalized spacial score (nSPS) is 9.95. The number of carbonyl (C=O) groups is 1. The summed E-state index contributed by atoms with van der Waals surface area (Å²) in [6.45, 7) is 1.46. The van der Waals surface area contributed by atoms with Gasteiger partial charge in [-0.15, -0.1) is 0 Å². The van der Waals surface area contributed by atoms with Crippen molar-refractivity contribution in [3.63, 3.8) is 0 Å². The molecule has 0 saturated heterocycles. The van der Waals surface area contributed by atoms with Gasteiger partial charge >= 0.3 is 5.69 Å². The van der Waals surface area contributed by atoms with Crippen molar-refractivity contribution in [2.75, 3.05) is 5.32 Å². The maximum absolute atomic E-state index is 12.3. The molecule has 0 aliphatic rings. The number of anilines is 1. The lowest BCUT2D eigenvalue weighted by molar-refractivity contribution is -0.385. The van der Waals surface area contributed by atoms with Gasteiger partial charge in [-0.3, -0.25) is 19.6 Å². The van der Waals surface area contributed by atoms with Crippen molar-refractivity contribution in [1.29, 1.82) is 5.26 Å². The summed E-state index contributed by atoms with van der Waals surface area (Å²) < 4.78 is 1.15. The predicted octanol–water partition coefficient (Wildman–Crippen LogP) is 1.76. The Bertz CT molecular complexity index is 773. The van der Waals surface area contributed by atoms with Gasteiger partial charge in [-0.1, -0.05) is 12.1 Å². The van der Waals surface area contributed by atoms with Crippen molar-refractivity contribution in [2.24, 2.45) is 7.05 Å². The zero-order chi connectivity index (χ0) is 15.6. The minimum atomic E-state index is -0.688. The van der Waals surface area contributed by atoms with Crippen LogP contribution in [0.4, 0.5) is 11.4 Å². The van der Waals surface area contributed by atoms with Crippen molar-refractivity contribution in [3.05, 3.63) is 51.3 Å². The minimum Gasteiger partial charge on any atom is -0.319 e. The molecule has 0 bridgehead atoms. The molecule has 0 saturated carbocycles. The van der Waals surface area contributed by atoms with Crippen LogP contribution in [0.5, 0.6) is 0 Å². The highest BCUT2D eigenvalue weighted by atomic mass is 16.6. The molecule has 1 aromatic heterocycles. The molecule has 2 aromatic rings. The third kappa shape index (κ3) is 2.57. The molecule has 106 valence electrons. The van der Waals surface area contributed by atoms with Crippen LogP contribution in [0.2, 0.25) is 0 Å². The fourth-order valence-electron chi connectivity index (χ4n) is 1.99. The Balaban J connectivity index is 2.43. The smallest absolute Gasteiger partial charge is 0.319 e. The Hall–Kier alpha value is -3.21. The Morgan fingerprint density at radius 1 is 1.48 bits per heavy atom. The molecule has 1 aromatic carbocycles. The van der Waals surface area contributed by atoms with Crippen molar-refractivity contribution in [1.82, 2.24) is 9.78 Å². The molecule has 0 fully saturated rings. The zero-order valence-corrected chi connectivity index (χ0v) is 11.3. The number of aromatic nitrogens is 2. The van der Waals surface area contributed by atoms with Gasteiger partial charge < -0.3 is 5.32 Å². The van der Waals surface area contributed by atoms with Crippen LogP contribution >= 0.6 is 0 Å². The third-order valence-electron chi connectivity index (χ3n) is 2.88. The highest BCUT2D eigenvalue weighted by Crippen LogP contribution is 2.24. The van der Waals surface area contributed by atoms with Gasteiger partial charge in [-0.2, -0.15) is 10.4 Å².